The predicted molar refractivity (Wildman–Crippen MR) is 114 cm³/mol. The van der Waals surface area contributed by atoms with E-state index >= 15 is 0 Å². The van der Waals surface area contributed by atoms with Gasteiger partial charge in [0.05, 0.1) is 0 Å². The van der Waals surface area contributed by atoms with Crippen LogP contribution in [0, 0.1) is 0 Å². The summed E-state index contributed by atoms with van der Waals surface area (Å²) in [5.74, 6) is 1.03. The first-order valence-electron chi connectivity index (χ1n) is 9.96. The molecule has 1 aromatic carbocycles. The zero-order valence-electron chi connectivity index (χ0n) is 17.1. The van der Waals surface area contributed by atoms with Crippen molar-refractivity contribution < 1.29 is 14.3 Å². The predicted octanol–water partition coefficient (Wildman–Crippen LogP) is 2.85. The highest BCUT2D eigenvalue weighted by molar-refractivity contribution is 5.85. The Morgan fingerprint density at radius 3 is 2.71 bits per heavy atom. The lowest BCUT2D eigenvalue weighted by molar-refractivity contribution is -0.142. The van der Waals surface area contributed by atoms with Crippen LogP contribution in [0.5, 0.6) is 5.75 Å². The van der Waals surface area contributed by atoms with Gasteiger partial charge in [-0.05, 0) is 49.8 Å². The van der Waals surface area contributed by atoms with Crippen LogP contribution in [0.1, 0.15) is 57.9 Å². The van der Waals surface area contributed by atoms with E-state index in [1.54, 1.807) is 6.92 Å². The number of nitrogens with two attached hydrogens (primary N) is 1. The molecule has 3 N–H and O–H groups in total. The maximum absolute atomic E-state index is 13.0. The summed E-state index contributed by atoms with van der Waals surface area (Å²) in [6.07, 6.45) is 2.69. The van der Waals surface area contributed by atoms with E-state index in [1.807, 2.05) is 23.1 Å². The number of piperidine rings is 1. The van der Waals surface area contributed by atoms with Crippen LogP contribution in [-0.2, 0) is 9.59 Å². The van der Waals surface area contributed by atoms with E-state index in [4.69, 9.17) is 10.5 Å². The van der Waals surface area contributed by atoms with Gasteiger partial charge in [-0.1, -0.05) is 26.0 Å². The van der Waals surface area contributed by atoms with Gasteiger partial charge in [0.15, 0.2) is 6.10 Å². The number of likely N-dealkylation sites (tertiary alicyclic amines) is 1. The highest BCUT2D eigenvalue weighted by Crippen LogP contribution is 2.23. The molecule has 2 unspecified atom stereocenters. The van der Waals surface area contributed by atoms with E-state index in [2.05, 4.69) is 25.2 Å². The standard InChI is InChI=1S/C21H33N3O3.ClH/c1-15(2)17-7-6-9-19(13-17)27-16(3)21(26)24-12-5-4-8-18(24)14-23-20(25)10-11-22;/h6-7,9,13,15-16,18H,4-5,8,10-12,14,22H2,1-3H3,(H,23,25);1H. The fraction of sp³-hybridized carbons (Fsp3) is 0.619. The van der Waals surface area contributed by atoms with Gasteiger partial charge in [0.1, 0.15) is 5.75 Å². The molecule has 1 heterocycles. The third kappa shape index (κ3) is 6.99. The summed E-state index contributed by atoms with van der Waals surface area (Å²) in [4.78, 5) is 26.5. The van der Waals surface area contributed by atoms with Gasteiger partial charge in [0.2, 0.25) is 5.91 Å². The zero-order chi connectivity index (χ0) is 19.8. The molecule has 1 fully saturated rings. The van der Waals surface area contributed by atoms with Crippen molar-refractivity contribution in [3.05, 3.63) is 29.8 Å². The number of hydrogen-bond acceptors (Lipinski definition) is 4. The average molecular weight is 412 g/mol. The van der Waals surface area contributed by atoms with E-state index in [0.29, 0.717) is 37.7 Å². The lowest BCUT2D eigenvalue weighted by Crippen LogP contribution is -2.52. The van der Waals surface area contributed by atoms with Gasteiger partial charge in [0, 0.05) is 32.1 Å². The lowest BCUT2D eigenvalue weighted by Gasteiger charge is -2.37. The van der Waals surface area contributed by atoms with Gasteiger partial charge in [-0.2, -0.15) is 0 Å². The van der Waals surface area contributed by atoms with E-state index in [9.17, 15) is 9.59 Å². The van der Waals surface area contributed by atoms with Crippen LogP contribution in [0.15, 0.2) is 24.3 Å². The molecule has 0 bridgehead atoms. The molecule has 0 saturated carbocycles. The van der Waals surface area contributed by atoms with Crippen LogP contribution in [0.2, 0.25) is 0 Å². The number of ether oxygens (including phenoxy) is 1. The minimum absolute atomic E-state index is 0. The third-order valence-corrected chi connectivity index (χ3v) is 5.00. The first-order valence-corrected chi connectivity index (χ1v) is 9.96. The molecule has 1 aliphatic heterocycles. The fourth-order valence-electron chi connectivity index (χ4n) is 3.39. The SMILES string of the molecule is CC(Oc1cccc(C(C)C)c1)C(=O)N1CCCCC1CNC(=O)CCN.Cl. The van der Waals surface area contributed by atoms with Crippen molar-refractivity contribution in [3.63, 3.8) is 0 Å². The van der Waals surface area contributed by atoms with Crippen LogP contribution >= 0.6 is 12.4 Å². The first-order chi connectivity index (χ1) is 12.9. The normalized spacial score (nSPS) is 17.6. The van der Waals surface area contributed by atoms with Gasteiger partial charge >= 0.3 is 0 Å². The molecule has 158 valence electrons. The van der Waals surface area contributed by atoms with E-state index in [-0.39, 0.29) is 30.3 Å². The summed E-state index contributed by atoms with van der Waals surface area (Å²) in [6.45, 7) is 7.56. The molecule has 1 aromatic rings. The molecule has 6 nitrogen and oxygen atoms in total. The number of amides is 2. The van der Waals surface area contributed by atoms with Crippen LogP contribution < -0.4 is 15.8 Å². The van der Waals surface area contributed by atoms with E-state index in [1.165, 1.54) is 5.56 Å². The van der Waals surface area contributed by atoms with E-state index in [0.717, 1.165) is 19.3 Å². The Kier molecular flexibility index (Phi) is 10.3. The van der Waals surface area contributed by atoms with Crippen molar-refractivity contribution >= 4 is 24.2 Å². The largest absolute Gasteiger partial charge is 0.481 e. The minimum atomic E-state index is -0.562. The highest BCUT2D eigenvalue weighted by atomic mass is 35.5. The Morgan fingerprint density at radius 1 is 1.29 bits per heavy atom. The van der Waals surface area contributed by atoms with Crippen molar-refractivity contribution in [2.45, 2.75) is 64.5 Å². The Bertz CT molecular complexity index is 639. The maximum atomic E-state index is 13.0. The van der Waals surface area contributed by atoms with Gasteiger partial charge < -0.3 is 20.7 Å². The van der Waals surface area contributed by atoms with Crippen LogP contribution in [0.3, 0.4) is 0 Å². The molecule has 1 aliphatic rings. The topological polar surface area (TPSA) is 84.7 Å². The second-order valence-corrected chi connectivity index (χ2v) is 7.51. The van der Waals surface area contributed by atoms with E-state index < -0.39 is 6.10 Å². The van der Waals surface area contributed by atoms with Gasteiger partial charge in [-0.3, -0.25) is 9.59 Å². The lowest BCUT2D eigenvalue weighted by atomic mass is 10.0. The smallest absolute Gasteiger partial charge is 0.263 e. The molecule has 2 amide bonds. The van der Waals surface area contributed by atoms with Gasteiger partial charge in [-0.15, -0.1) is 12.4 Å². The van der Waals surface area contributed by atoms with Crippen LogP contribution in [-0.4, -0.2) is 48.5 Å². The van der Waals surface area contributed by atoms with Crippen molar-refractivity contribution in [1.82, 2.24) is 10.2 Å². The Labute approximate surface area is 174 Å². The number of halogens is 1. The molecular formula is C21H34ClN3O3. The Hall–Kier alpha value is -1.79. The number of carbonyl (C=O) groups excluding carboxylic acids is 2. The molecule has 2 rings (SSSR count). The third-order valence-electron chi connectivity index (χ3n) is 5.00. The summed E-state index contributed by atoms with van der Waals surface area (Å²) in [5.41, 5.74) is 6.60. The molecule has 28 heavy (non-hydrogen) atoms. The average Bonchev–Trinajstić information content (AvgIpc) is 2.66. The van der Waals surface area contributed by atoms with Crippen molar-refractivity contribution in [3.8, 4) is 5.75 Å². The summed E-state index contributed by atoms with van der Waals surface area (Å²) < 4.78 is 5.94. The number of hydrogen-bond donors (Lipinski definition) is 2. The molecule has 2 atom stereocenters. The zero-order valence-corrected chi connectivity index (χ0v) is 18.0. The molecule has 0 spiro atoms. The second kappa shape index (κ2) is 11.9. The summed E-state index contributed by atoms with van der Waals surface area (Å²) in [6, 6.07) is 7.92. The van der Waals surface area contributed by atoms with Gasteiger partial charge in [-0.25, -0.2) is 0 Å². The molecule has 0 aliphatic carbocycles. The van der Waals surface area contributed by atoms with Crippen molar-refractivity contribution in [1.29, 1.82) is 0 Å². The maximum Gasteiger partial charge on any atom is 0.263 e. The second-order valence-electron chi connectivity index (χ2n) is 7.51. The number of nitrogens with one attached hydrogen (secondary N) is 1. The molecule has 0 radical (unpaired) electrons. The number of nitrogens with zero attached hydrogens (tertiary/aromatic N) is 1. The summed E-state index contributed by atoms with van der Waals surface area (Å²) in [7, 11) is 0. The van der Waals surface area contributed by atoms with Crippen molar-refractivity contribution in [2.75, 3.05) is 19.6 Å². The van der Waals surface area contributed by atoms with Crippen LogP contribution in [0.25, 0.3) is 0 Å². The number of rotatable bonds is 8. The quantitative estimate of drug-likeness (QED) is 0.688. The minimum Gasteiger partial charge on any atom is -0.481 e. The number of carbonyl (C=O) groups is 2. The Balaban J connectivity index is 0.00000392. The molecule has 7 heteroatoms. The van der Waals surface area contributed by atoms with Gasteiger partial charge in [0.25, 0.3) is 5.91 Å². The first kappa shape index (κ1) is 24.2. The van der Waals surface area contributed by atoms with Crippen LogP contribution in [0.4, 0.5) is 0 Å². The number of benzene rings is 1. The highest BCUT2D eigenvalue weighted by Gasteiger charge is 2.30. The van der Waals surface area contributed by atoms with Crippen molar-refractivity contribution in [2.24, 2.45) is 5.73 Å². The fourth-order valence-corrected chi connectivity index (χ4v) is 3.39. The molecule has 1 saturated heterocycles. The molecule has 0 aromatic heterocycles. The molecular weight excluding hydrogens is 378 g/mol. The Morgan fingerprint density at radius 2 is 2.04 bits per heavy atom. The summed E-state index contributed by atoms with van der Waals surface area (Å²) >= 11 is 0. The summed E-state index contributed by atoms with van der Waals surface area (Å²) in [5, 5.41) is 2.89. The monoisotopic (exact) mass is 411 g/mol.